The van der Waals surface area contributed by atoms with Crippen molar-refractivity contribution >= 4 is 23.4 Å². The Bertz CT molecular complexity index is 970. The lowest BCUT2D eigenvalue weighted by molar-refractivity contribution is -0.384. The van der Waals surface area contributed by atoms with Crippen LogP contribution >= 0.6 is 0 Å². The van der Waals surface area contributed by atoms with Gasteiger partial charge in [-0.2, -0.15) is 0 Å². The molecule has 0 fully saturated rings. The predicted molar refractivity (Wildman–Crippen MR) is 102 cm³/mol. The van der Waals surface area contributed by atoms with E-state index in [4.69, 9.17) is 4.74 Å². The highest BCUT2D eigenvalue weighted by Crippen LogP contribution is 2.25. The molecule has 7 nitrogen and oxygen atoms in total. The van der Waals surface area contributed by atoms with Gasteiger partial charge in [0.15, 0.2) is 0 Å². The molecule has 7 heteroatoms. The van der Waals surface area contributed by atoms with Crippen molar-refractivity contribution in [3.8, 4) is 11.5 Å². The molecule has 0 bridgehead atoms. The molecular weight excluding hydrogens is 346 g/mol. The fourth-order valence-electron chi connectivity index (χ4n) is 2.24. The Balaban J connectivity index is 1.63. The van der Waals surface area contributed by atoms with Crippen LogP contribution in [0.2, 0.25) is 0 Å². The number of hydrogen-bond donors (Lipinski definition) is 1. The number of carbonyl (C=O) groups is 1. The van der Waals surface area contributed by atoms with Gasteiger partial charge in [0.1, 0.15) is 11.5 Å². The molecule has 0 atom stereocenters. The van der Waals surface area contributed by atoms with Gasteiger partial charge in [-0.15, -0.1) is 0 Å². The number of aromatic nitrogens is 1. The second-order valence-electron chi connectivity index (χ2n) is 5.48. The highest BCUT2D eigenvalue weighted by atomic mass is 16.6. The first-order chi connectivity index (χ1) is 13.1. The van der Waals surface area contributed by atoms with Crippen LogP contribution in [0.25, 0.3) is 6.08 Å². The monoisotopic (exact) mass is 361 g/mol. The largest absolute Gasteiger partial charge is 0.457 e. The summed E-state index contributed by atoms with van der Waals surface area (Å²) in [5.41, 5.74) is 1.43. The summed E-state index contributed by atoms with van der Waals surface area (Å²) in [7, 11) is 0. The second-order valence-corrected chi connectivity index (χ2v) is 5.48. The number of hydrogen-bond acceptors (Lipinski definition) is 5. The molecule has 0 unspecified atom stereocenters. The topological polar surface area (TPSA) is 94.4 Å². The SMILES string of the molecule is O=C(/C=C/c1ccncc1)Nc1cccc(Oc2ccc([N+](=O)[O-])cc2)c1. The molecule has 0 spiro atoms. The lowest BCUT2D eigenvalue weighted by Crippen LogP contribution is -2.07. The van der Waals surface area contributed by atoms with Gasteiger partial charge in [0.2, 0.25) is 5.91 Å². The van der Waals surface area contributed by atoms with Crippen LogP contribution in [0.4, 0.5) is 11.4 Å². The van der Waals surface area contributed by atoms with Gasteiger partial charge in [0.25, 0.3) is 5.69 Å². The van der Waals surface area contributed by atoms with Crippen molar-refractivity contribution in [2.75, 3.05) is 5.32 Å². The number of non-ortho nitro benzene ring substituents is 1. The Morgan fingerprint density at radius 1 is 1.04 bits per heavy atom. The lowest BCUT2D eigenvalue weighted by Gasteiger charge is -2.08. The van der Waals surface area contributed by atoms with Crippen molar-refractivity contribution in [2.24, 2.45) is 0 Å². The van der Waals surface area contributed by atoms with Gasteiger partial charge in [-0.3, -0.25) is 19.9 Å². The normalized spacial score (nSPS) is 10.5. The van der Waals surface area contributed by atoms with E-state index in [-0.39, 0.29) is 11.6 Å². The maximum absolute atomic E-state index is 12.0. The molecule has 0 saturated heterocycles. The average Bonchev–Trinajstić information content (AvgIpc) is 2.68. The molecule has 0 radical (unpaired) electrons. The summed E-state index contributed by atoms with van der Waals surface area (Å²) in [6, 6.07) is 16.2. The van der Waals surface area contributed by atoms with E-state index in [0.29, 0.717) is 17.2 Å². The number of nitro benzene ring substituents is 1. The molecule has 0 saturated carbocycles. The van der Waals surface area contributed by atoms with Crippen LogP contribution in [0.15, 0.2) is 79.1 Å². The van der Waals surface area contributed by atoms with Gasteiger partial charge >= 0.3 is 0 Å². The van der Waals surface area contributed by atoms with E-state index in [9.17, 15) is 14.9 Å². The Morgan fingerprint density at radius 2 is 1.78 bits per heavy atom. The van der Waals surface area contributed by atoms with E-state index >= 15 is 0 Å². The molecule has 1 amide bonds. The summed E-state index contributed by atoms with van der Waals surface area (Å²) in [5.74, 6) is 0.681. The maximum atomic E-state index is 12.0. The van der Waals surface area contributed by atoms with Crippen LogP contribution < -0.4 is 10.1 Å². The Hall–Kier alpha value is -4.00. The first-order valence-electron chi connectivity index (χ1n) is 8.01. The van der Waals surface area contributed by atoms with Crippen molar-refractivity contribution in [3.63, 3.8) is 0 Å². The average molecular weight is 361 g/mol. The van der Waals surface area contributed by atoms with E-state index < -0.39 is 4.92 Å². The number of pyridine rings is 1. The van der Waals surface area contributed by atoms with E-state index in [2.05, 4.69) is 10.3 Å². The number of carbonyl (C=O) groups excluding carboxylic acids is 1. The molecule has 1 heterocycles. The summed E-state index contributed by atoms with van der Waals surface area (Å²) in [4.78, 5) is 26.2. The molecule has 27 heavy (non-hydrogen) atoms. The number of amides is 1. The standard InChI is InChI=1S/C20H15N3O4/c24-20(9-4-15-10-12-21-13-11-15)22-16-2-1-3-19(14-16)27-18-7-5-17(6-8-18)23(25)26/h1-14H,(H,22,24)/b9-4+. The highest BCUT2D eigenvalue weighted by molar-refractivity contribution is 6.02. The number of nitrogens with zero attached hydrogens (tertiary/aromatic N) is 2. The van der Waals surface area contributed by atoms with E-state index in [1.165, 1.54) is 30.3 Å². The smallest absolute Gasteiger partial charge is 0.269 e. The Labute approximate surface area is 155 Å². The number of nitrogens with one attached hydrogen (secondary N) is 1. The van der Waals surface area contributed by atoms with E-state index in [0.717, 1.165) is 5.56 Å². The van der Waals surface area contributed by atoms with Crippen molar-refractivity contribution in [1.29, 1.82) is 0 Å². The first-order valence-corrected chi connectivity index (χ1v) is 8.01. The number of rotatable bonds is 6. The zero-order valence-electron chi connectivity index (χ0n) is 14.1. The fourth-order valence-corrected chi connectivity index (χ4v) is 2.24. The van der Waals surface area contributed by atoms with Crippen LogP contribution in [0.1, 0.15) is 5.56 Å². The summed E-state index contributed by atoms with van der Waals surface area (Å²) >= 11 is 0. The molecular formula is C20H15N3O4. The third-order valence-corrected chi connectivity index (χ3v) is 3.52. The van der Waals surface area contributed by atoms with E-state index in [1.807, 2.05) is 0 Å². The number of anilines is 1. The Kier molecular flexibility index (Phi) is 5.54. The van der Waals surface area contributed by atoms with E-state index in [1.54, 1.807) is 54.9 Å². The van der Waals surface area contributed by atoms with Gasteiger partial charge in [0.05, 0.1) is 4.92 Å². The molecule has 1 N–H and O–H groups in total. The summed E-state index contributed by atoms with van der Waals surface area (Å²) in [6.07, 6.45) is 6.42. The highest BCUT2D eigenvalue weighted by Gasteiger charge is 2.06. The van der Waals surface area contributed by atoms with Crippen molar-refractivity contribution < 1.29 is 14.5 Å². The zero-order valence-corrected chi connectivity index (χ0v) is 14.1. The van der Waals surface area contributed by atoms with Crippen molar-refractivity contribution in [1.82, 2.24) is 4.98 Å². The van der Waals surface area contributed by atoms with Crippen LogP contribution in [0, 0.1) is 10.1 Å². The number of nitro groups is 1. The quantitative estimate of drug-likeness (QED) is 0.398. The van der Waals surface area contributed by atoms with Crippen LogP contribution in [-0.2, 0) is 4.79 Å². The molecule has 0 aliphatic carbocycles. The third kappa shape index (κ3) is 5.23. The lowest BCUT2D eigenvalue weighted by atomic mass is 10.2. The van der Waals surface area contributed by atoms with Gasteiger partial charge in [-0.25, -0.2) is 0 Å². The molecule has 0 aliphatic heterocycles. The summed E-state index contributed by atoms with van der Waals surface area (Å²) < 4.78 is 5.67. The minimum atomic E-state index is -0.473. The minimum absolute atomic E-state index is 0.00986. The Morgan fingerprint density at radius 3 is 2.48 bits per heavy atom. The fraction of sp³-hybridized carbons (Fsp3) is 0. The molecule has 2 aromatic carbocycles. The molecule has 0 aliphatic rings. The molecule has 3 rings (SSSR count). The second kappa shape index (κ2) is 8.39. The predicted octanol–water partition coefficient (Wildman–Crippen LogP) is 4.43. The van der Waals surface area contributed by atoms with Gasteiger partial charge in [0, 0.05) is 42.4 Å². The van der Waals surface area contributed by atoms with Gasteiger partial charge < -0.3 is 10.1 Å². The molecule has 134 valence electrons. The molecule has 1 aromatic heterocycles. The maximum Gasteiger partial charge on any atom is 0.269 e. The number of ether oxygens (including phenoxy) is 1. The van der Waals surface area contributed by atoms with Crippen molar-refractivity contribution in [3.05, 3.63) is 94.8 Å². The molecule has 3 aromatic rings. The van der Waals surface area contributed by atoms with Crippen LogP contribution in [0.5, 0.6) is 11.5 Å². The van der Waals surface area contributed by atoms with Crippen LogP contribution in [-0.4, -0.2) is 15.8 Å². The first kappa shape index (κ1) is 17.8. The summed E-state index contributed by atoms with van der Waals surface area (Å²) in [5, 5.41) is 13.4. The van der Waals surface area contributed by atoms with Gasteiger partial charge in [-0.1, -0.05) is 6.07 Å². The van der Waals surface area contributed by atoms with Crippen molar-refractivity contribution in [2.45, 2.75) is 0 Å². The number of benzene rings is 2. The summed E-state index contributed by atoms with van der Waals surface area (Å²) in [6.45, 7) is 0. The van der Waals surface area contributed by atoms with Crippen LogP contribution in [0.3, 0.4) is 0 Å². The van der Waals surface area contributed by atoms with Gasteiger partial charge in [-0.05, 0) is 48.0 Å². The zero-order chi connectivity index (χ0) is 19.1. The third-order valence-electron chi connectivity index (χ3n) is 3.52. The minimum Gasteiger partial charge on any atom is -0.457 e.